The van der Waals surface area contributed by atoms with Crippen LogP contribution in [0.15, 0.2) is 48.8 Å². The van der Waals surface area contributed by atoms with Crippen molar-refractivity contribution in [3.05, 3.63) is 54.4 Å². The average Bonchev–Trinajstić information content (AvgIpc) is 3.59. The van der Waals surface area contributed by atoms with Gasteiger partial charge in [0.15, 0.2) is 11.6 Å². The second-order valence-electron chi connectivity index (χ2n) is 8.27. The minimum Gasteiger partial charge on any atom is -0.388 e. The highest BCUT2D eigenvalue weighted by atomic mass is 32.1. The zero-order valence-corrected chi connectivity index (χ0v) is 19.0. The summed E-state index contributed by atoms with van der Waals surface area (Å²) in [4.78, 5) is 21.5. The third kappa shape index (κ3) is 3.12. The van der Waals surface area contributed by atoms with Crippen molar-refractivity contribution < 1.29 is 0 Å². The first-order valence-corrected chi connectivity index (χ1v) is 11.8. The number of hydrogen-bond acceptors (Lipinski definition) is 6. The fraction of sp³-hybridized carbons (Fsp3) is 0.240. The Balaban J connectivity index is 1.57. The van der Waals surface area contributed by atoms with Crippen LogP contribution in [-0.4, -0.2) is 40.1 Å². The molecule has 0 atom stereocenters. The van der Waals surface area contributed by atoms with Crippen LogP contribution in [0, 0.1) is 6.92 Å². The van der Waals surface area contributed by atoms with Crippen LogP contribution in [0.3, 0.4) is 0 Å². The van der Waals surface area contributed by atoms with Gasteiger partial charge in [0.05, 0.1) is 10.2 Å². The molecule has 7 heteroatoms. The Labute approximate surface area is 190 Å². The van der Waals surface area contributed by atoms with Crippen LogP contribution < -0.4 is 10.2 Å². The third-order valence-corrected chi connectivity index (χ3v) is 7.55. The maximum absolute atomic E-state index is 5.09. The van der Waals surface area contributed by atoms with E-state index in [-0.39, 0.29) is 0 Å². The summed E-state index contributed by atoms with van der Waals surface area (Å²) in [5, 5.41) is 4.32. The van der Waals surface area contributed by atoms with E-state index in [1.165, 1.54) is 33.5 Å². The number of pyridine rings is 1. The van der Waals surface area contributed by atoms with E-state index in [9.17, 15) is 0 Å². The molecule has 5 heterocycles. The molecule has 0 aliphatic carbocycles. The number of benzene rings is 1. The first-order valence-electron chi connectivity index (χ1n) is 11.0. The molecular formula is C25H24N6S. The van der Waals surface area contributed by atoms with Crippen molar-refractivity contribution in [3.8, 4) is 21.8 Å². The molecule has 32 heavy (non-hydrogen) atoms. The Morgan fingerprint density at radius 2 is 1.94 bits per heavy atom. The number of rotatable bonds is 4. The first kappa shape index (κ1) is 19.3. The number of nitrogens with one attached hydrogen (secondary N) is 2. The molecular weight excluding hydrogens is 416 g/mol. The molecule has 0 saturated carbocycles. The largest absolute Gasteiger partial charge is 0.388 e. The van der Waals surface area contributed by atoms with Gasteiger partial charge in [-0.05, 0) is 55.2 Å². The highest BCUT2D eigenvalue weighted by Crippen LogP contribution is 2.43. The average molecular weight is 441 g/mol. The lowest BCUT2D eigenvalue weighted by Crippen LogP contribution is -2.19. The van der Waals surface area contributed by atoms with Crippen LogP contribution in [0.4, 0.5) is 11.5 Å². The van der Waals surface area contributed by atoms with Gasteiger partial charge in [-0.15, -0.1) is 11.3 Å². The Morgan fingerprint density at radius 1 is 1.06 bits per heavy atom. The molecule has 0 bridgehead atoms. The van der Waals surface area contributed by atoms with Gasteiger partial charge in [-0.1, -0.05) is 12.1 Å². The standard InChI is InChI=1S/C25H24N6S/c1-15-20-22(32-21(15)16-6-5-7-19(13-16)26-2)25(31-10-3-4-11-31)30-24(29-20)18-12-17-8-9-27-23(17)28-14-18/h5-9,12-14,26H,3-4,10-11H2,1-2H3,(H,27,28). The zero-order chi connectivity index (χ0) is 21.7. The fourth-order valence-electron chi connectivity index (χ4n) is 4.50. The van der Waals surface area contributed by atoms with E-state index >= 15 is 0 Å². The topological polar surface area (TPSA) is 69.7 Å². The molecule has 1 aliphatic heterocycles. The molecule has 0 amide bonds. The van der Waals surface area contributed by atoms with Gasteiger partial charge >= 0.3 is 0 Å². The Bertz CT molecular complexity index is 1440. The monoisotopic (exact) mass is 440 g/mol. The number of aryl methyl sites for hydroxylation is 1. The molecule has 0 unspecified atom stereocenters. The summed E-state index contributed by atoms with van der Waals surface area (Å²) in [7, 11) is 1.95. The second-order valence-corrected chi connectivity index (χ2v) is 9.29. The molecule has 4 aromatic heterocycles. The van der Waals surface area contributed by atoms with Crippen molar-refractivity contribution in [2.45, 2.75) is 19.8 Å². The fourth-order valence-corrected chi connectivity index (χ4v) is 5.76. The number of anilines is 2. The summed E-state index contributed by atoms with van der Waals surface area (Å²) < 4.78 is 1.17. The van der Waals surface area contributed by atoms with Gasteiger partial charge < -0.3 is 15.2 Å². The van der Waals surface area contributed by atoms with Crippen molar-refractivity contribution >= 4 is 44.1 Å². The van der Waals surface area contributed by atoms with E-state index in [0.717, 1.165) is 52.5 Å². The summed E-state index contributed by atoms with van der Waals surface area (Å²) in [6.45, 7) is 4.27. The number of hydrogen-bond donors (Lipinski definition) is 2. The molecule has 2 N–H and O–H groups in total. The Morgan fingerprint density at radius 3 is 2.78 bits per heavy atom. The van der Waals surface area contributed by atoms with Gasteiger partial charge in [-0.25, -0.2) is 15.0 Å². The quantitative estimate of drug-likeness (QED) is 0.367. The maximum Gasteiger partial charge on any atom is 0.163 e. The lowest BCUT2D eigenvalue weighted by molar-refractivity contribution is 0.943. The molecule has 1 aliphatic rings. The van der Waals surface area contributed by atoms with Crippen LogP contribution in [0.5, 0.6) is 0 Å². The summed E-state index contributed by atoms with van der Waals surface area (Å²) in [6, 6.07) is 12.7. The van der Waals surface area contributed by atoms with Crippen LogP contribution >= 0.6 is 11.3 Å². The number of aromatic amines is 1. The van der Waals surface area contributed by atoms with Gasteiger partial charge in [0.2, 0.25) is 0 Å². The third-order valence-electron chi connectivity index (χ3n) is 6.22. The van der Waals surface area contributed by atoms with Crippen LogP contribution in [-0.2, 0) is 0 Å². The summed E-state index contributed by atoms with van der Waals surface area (Å²) in [5.74, 6) is 1.80. The normalized spacial score (nSPS) is 14.0. The van der Waals surface area contributed by atoms with Gasteiger partial charge in [0.25, 0.3) is 0 Å². The predicted octanol–water partition coefficient (Wildman–Crippen LogP) is 5.85. The number of thiophene rings is 1. The van der Waals surface area contributed by atoms with E-state index in [1.807, 2.05) is 25.5 Å². The lowest BCUT2D eigenvalue weighted by Gasteiger charge is -2.18. The highest BCUT2D eigenvalue weighted by Gasteiger charge is 2.23. The van der Waals surface area contributed by atoms with Crippen molar-refractivity contribution in [3.63, 3.8) is 0 Å². The minimum atomic E-state index is 0.742. The Hall–Kier alpha value is -3.45. The molecule has 160 valence electrons. The van der Waals surface area contributed by atoms with Crippen molar-refractivity contribution in [1.29, 1.82) is 0 Å². The van der Waals surface area contributed by atoms with Crippen LogP contribution in [0.1, 0.15) is 18.4 Å². The molecule has 0 spiro atoms. The van der Waals surface area contributed by atoms with Crippen LogP contribution in [0.25, 0.3) is 43.1 Å². The zero-order valence-electron chi connectivity index (χ0n) is 18.1. The van der Waals surface area contributed by atoms with Gasteiger partial charge in [0.1, 0.15) is 5.65 Å². The predicted molar refractivity (Wildman–Crippen MR) is 134 cm³/mol. The van der Waals surface area contributed by atoms with Crippen molar-refractivity contribution in [2.75, 3.05) is 30.4 Å². The van der Waals surface area contributed by atoms with Crippen molar-refractivity contribution in [2.24, 2.45) is 0 Å². The van der Waals surface area contributed by atoms with Gasteiger partial charge in [-0.2, -0.15) is 0 Å². The number of fused-ring (bicyclic) bond motifs is 2. The summed E-state index contributed by atoms with van der Waals surface area (Å²) >= 11 is 1.80. The number of nitrogens with zero attached hydrogens (tertiary/aromatic N) is 4. The van der Waals surface area contributed by atoms with Crippen LogP contribution in [0.2, 0.25) is 0 Å². The molecule has 0 radical (unpaired) electrons. The summed E-state index contributed by atoms with van der Waals surface area (Å²) in [6.07, 6.45) is 6.20. The Kier molecular flexibility index (Phi) is 4.57. The first-order chi connectivity index (χ1) is 15.7. The number of aromatic nitrogens is 4. The van der Waals surface area contributed by atoms with Gasteiger partial charge in [-0.3, -0.25) is 0 Å². The van der Waals surface area contributed by atoms with E-state index in [2.05, 4.69) is 57.4 Å². The number of H-pyrrole nitrogens is 1. The molecule has 1 fully saturated rings. The molecule has 1 saturated heterocycles. The smallest absolute Gasteiger partial charge is 0.163 e. The minimum absolute atomic E-state index is 0.742. The molecule has 6 rings (SSSR count). The van der Waals surface area contributed by atoms with Gasteiger partial charge in [0, 0.05) is 54.0 Å². The van der Waals surface area contributed by atoms with Crippen molar-refractivity contribution in [1.82, 2.24) is 19.9 Å². The van der Waals surface area contributed by atoms with E-state index in [1.54, 1.807) is 11.3 Å². The van der Waals surface area contributed by atoms with E-state index in [0.29, 0.717) is 0 Å². The summed E-state index contributed by atoms with van der Waals surface area (Å²) in [5.41, 5.74) is 6.40. The van der Waals surface area contributed by atoms with E-state index in [4.69, 9.17) is 9.97 Å². The maximum atomic E-state index is 5.09. The highest BCUT2D eigenvalue weighted by molar-refractivity contribution is 7.23. The molecule has 1 aromatic carbocycles. The molecule has 6 nitrogen and oxygen atoms in total. The SMILES string of the molecule is CNc1cccc(-c2sc3c(N4CCCC4)nc(-c4cnc5[nH]ccc5c4)nc3c2C)c1. The molecule has 5 aromatic rings. The second kappa shape index (κ2) is 7.60. The van der Waals surface area contributed by atoms with E-state index < -0.39 is 0 Å². The lowest BCUT2D eigenvalue weighted by atomic mass is 10.1.